The molecule has 1 aromatic carbocycles. The molecule has 2 N–H and O–H groups in total. The Balaban J connectivity index is 2.78. The van der Waals surface area contributed by atoms with E-state index in [9.17, 15) is 4.79 Å². The van der Waals surface area contributed by atoms with Crippen molar-refractivity contribution in [2.24, 2.45) is 10.7 Å². The van der Waals surface area contributed by atoms with Crippen LogP contribution in [0.1, 0.15) is 10.4 Å². The van der Waals surface area contributed by atoms with Crippen LogP contribution < -0.4 is 5.73 Å². The second kappa shape index (κ2) is 5.19. The SMILES string of the molecule is NC=CC=Nc1ccc(C(=O)Cl)cc1. The van der Waals surface area contributed by atoms with Gasteiger partial charge in [0.05, 0.1) is 5.69 Å². The number of nitrogens with zero attached hydrogens (tertiary/aromatic N) is 1. The molecule has 0 unspecified atom stereocenters. The quantitative estimate of drug-likeness (QED) is 0.612. The number of benzene rings is 1. The molecule has 0 amide bonds. The van der Waals surface area contributed by atoms with Crippen LogP contribution in [0.5, 0.6) is 0 Å². The van der Waals surface area contributed by atoms with Gasteiger partial charge in [-0.25, -0.2) is 0 Å². The van der Waals surface area contributed by atoms with Crippen molar-refractivity contribution in [2.45, 2.75) is 0 Å². The van der Waals surface area contributed by atoms with E-state index in [1.165, 1.54) is 6.20 Å². The zero-order valence-corrected chi connectivity index (χ0v) is 8.11. The summed E-state index contributed by atoms with van der Waals surface area (Å²) in [6, 6.07) is 6.65. The zero-order chi connectivity index (χ0) is 10.4. The summed E-state index contributed by atoms with van der Waals surface area (Å²) in [5, 5.41) is -0.470. The van der Waals surface area contributed by atoms with Gasteiger partial charge in [-0.3, -0.25) is 9.79 Å². The largest absolute Gasteiger partial charge is 0.405 e. The Labute approximate surface area is 86.9 Å². The number of hydrogen-bond acceptors (Lipinski definition) is 3. The number of hydrogen-bond donors (Lipinski definition) is 1. The molecule has 1 aromatic rings. The molecule has 4 heteroatoms. The van der Waals surface area contributed by atoms with E-state index in [1.807, 2.05) is 0 Å². The van der Waals surface area contributed by atoms with Crippen molar-refractivity contribution < 1.29 is 4.79 Å². The summed E-state index contributed by atoms with van der Waals surface area (Å²) in [6.45, 7) is 0. The number of nitrogens with two attached hydrogens (primary N) is 1. The van der Waals surface area contributed by atoms with Crippen molar-refractivity contribution in [3.8, 4) is 0 Å². The lowest BCUT2D eigenvalue weighted by atomic mass is 10.2. The van der Waals surface area contributed by atoms with Gasteiger partial charge in [-0.05, 0) is 48.1 Å². The third-order valence-corrected chi connectivity index (χ3v) is 1.73. The van der Waals surface area contributed by atoms with Crippen LogP contribution >= 0.6 is 11.6 Å². The Morgan fingerprint density at radius 3 is 2.50 bits per heavy atom. The van der Waals surface area contributed by atoms with Crippen LogP contribution in [0.4, 0.5) is 5.69 Å². The normalized spacial score (nSPS) is 11.2. The first kappa shape index (κ1) is 10.5. The molecule has 0 fully saturated rings. The van der Waals surface area contributed by atoms with Gasteiger partial charge in [0, 0.05) is 11.8 Å². The summed E-state index contributed by atoms with van der Waals surface area (Å²) in [7, 11) is 0. The van der Waals surface area contributed by atoms with Gasteiger partial charge in [0.15, 0.2) is 0 Å². The lowest BCUT2D eigenvalue weighted by Crippen LogP contribution is -1.85. The van der Waals surface area contributed by atoms with Crippen LogP contribution in [0.2, 0.25) is 0 Å². The molecule has 0 aromatic heterocycles. The number of carbonyl (C=O) groups excluding carboxylic acids is 1. The van der Waals surface area contributed by atoms with Crippen LogP contribution in [0, 0.1) is 0 Å². The highest BCUT2D eigenvalue weighted by molar-refractivity contribution is 6.67. The summed E-state index contributed by atoms with van der Waals surface area (Å²) in [4.78, 5) is 14.8. The zero-order valence-electron chi connectivity index (χ0n) is 7.35. The second-order valence-corrected chi connectivity index (χ2v) is 2.83. The first-order valence-electron chi connectivity index (χ1n) is 3.95. The van der Waals surface area contributed by atoms with E-state index >= 15 is 0 Å². The third kappa shape index (κ3) is 3.03. The Bertz CT molecular complexity index is 368. The molecule has 0 radical (unpaired) electrons. The minimum atomic E-state index is -0.470. The van der Waals surface area contributed by atoms with Crippen molar-refractivity contribution >= 4 is 28.7 Å². The fourth-order valence-corrected chi connectivity index (χ4v) is 0.983. The fraction of sp³-hybridized carbons (Fsp3) is 0. The molecule has 0 aliphatic rings. The lowest BCUT2D eigenvalue weighted by Gasteiger charge is -1.94. The van der Waals surface area contributed by atoms with Gasteiger partial charge in [-0.2, -0.15) is 0 Å². The molecule has 0 bridgehead atoms. The van der Waals surface area contributed by atoms with E-state index < -0.39 is 5.24 Å². The van der Waals surface area contributed by atoms with E-state index in [4.69, 9.17) is 17.3 Å². The molecule has 0 spiro atoms. The summed E-state index contributed by atoms with van der Waals surface area (Å²) >= 11 is 5.28. The van der Waals surface area contributed by atoms with Gasteiger partial charge in [-0.1, -0.05) is 0 Å². The van der Waals surface area contributed by atoms with Crippen LogP contribution in [0.25, 0.3) is 0 Å². The van der Waals surface area contributed by atoms with E-state index in [0.29, 0.717) is 5.56 Å². The highest BCUT2D eigenvalue weighted by Gasteiger charge is 1.99. The van der Waals surface area contributed by atoms with E-state index in [0.717, 1.165) is 5.69 Å². The number of allylic oxidation sites excluding steroid dienone is 1. The Morgan fingerprint density at radius 2 is 2.00 bits per heavy atom. The van der Waals surface area contributed by atoms with Crippen molar-refractivity contribution in [1.82, 2.24) is 0 Å². The molecule has 0 saturated heterocycles. The van der Waals surface area contributed by atoms with Crippen LogP contribution in [-0.2, 0) is 0 Å². The first-order chi connectivity index (χ1) is 6.74. The van der Waals surface area contributed by atoms with Crippen molar-refractivity contribution in [3.63, 3.8) is 0 Å². The summed E-state index contributed by atoms with van der Waals surface area (Å²) in [6.07, 6.45) is 4.57. The highest BCUT2D eigenvalue weighted by Crippen LogP contribution is 2.13. The summed E-state index contributed by atoms with van der Waals surface area (Å²) in [5.74, 6) is 0. The fourth-order valence-electron chi connectivity index (χ4n) is 0.857. The maximum absolute atomic E-state index is 10.7. The van der Waals surface area contributed by atoms with Gasteiger partial charge < -0.3 is 5.73 Å². The Kier molecular flexibility index (Phi) is 3.88. The van der Waals surface area contributed by atoms with Gasteiger partial charge in [0.25, 0.3) is 5.24 Å². The summed E-state index contributed by atoms with van der Waals surface area (Å²) in [5.41, 5.74) is 6.32. The molecule has 1 rings (SSSR count). The summed E-state index contributed by atoms with van der Waals surface area (Å²) < 4.78 is 0. The lowest BCUT2D eigenvalue weighted by molar-refractivity contribution is 0.108. The molecule has 0 atom stereocenters. The van der Waals surface area contributed by atoms with Crippen molar-refractivity contribution in [2.75, 3.05) is 0 Å². The van der Waals surface area contributed by atoms with Crippen LogP contribution in [-0.4, -0.2) is 11.5 Å². The minimum Gasteiger partial charge on any atom is -0.405 e. The number of carbonyl (C=O) groups is 1. The monoisotopic (exact) mass is 208 g/mol. The predicted octanol–water partition coefficient (Wildman–Crippen LogP) is 2.24. The molecule has 0 aliphatic carbocycles. The number of aliphatic imine (C=N–C) groups is 1. The molecule has 0 heterocycles. The maximum atomic E-state index is 10.7. The van der Waals surface area contributed by atoms with E-state index in [2.05, 4.69) is 4.99 Å². The average Bonchev–Trinajstić information content (AvgIpc) is 2.19. The van der Waals surface area contributed by atoms with E-state index in [1.54, 1.807) is 36.6 Å². The highest BCUT2D eigenvalue weighted by atomic mass is 35.5. The number of rotatable bonds is 3. The van der Waals surface area contributed by atoms with Crippen molar-refractivity contribution in [3.05, 3.63) is 42.1 Å². The molecule has 0 aliphatic heterocycles. The molecule has 0 saturated carbocycles. The van der Waals surface area contributed by atoms with Gasteiger partial charge in [0.2, 0.25) is 0 Å². The molecule has 14 heavy (non-hydrogen) atoms. The van der Waals surface area contributed by atoms with E-state index in [-0.39, 0.29) is 0 Å². The van der Waals surface area contributed by atoms with Crippen molar-refractivity contribution in [1.29, 1.82) is 0 Å². The molecule has 3 nitrogen and oxygen atoms in total. The molecule has 72 valence electrons. The second-order valence-electron chi connectivity index (χ2n) is 2.48. The van der Waals surface area contributed by atoms with Gasteiger partial charge in [-0.15, -0.1) is 0 Å². The Hall–Kier alpha value is -1.61. The van der Waals surface area contributed by atoms with Crippen LogP contribution in [0.15, 0.2) is 41.5 Å². The molecular weight excluding hydrogens is 200 g/mol. The number of halogens is 1. The smallest absolute Gasteiger partial charge is 0.252 e. The standard InChI is InChI=1S/C10H9ClN2O/c11-10(14)8-2-4-9(5-3-8)13-7-1-6-12/h1-7H,12H2. The maximum Gasteiger partial charge on any atom is 0.252 e. The van der Waals surface area contributed by atoms with Crippen LogP contribution in [0.3, 0.4) is 0 Å². The minimum absolute atomic E-state index is 0.458. The topological polar surface area (TPSA) is 55.4 Å². The average molecular weight is 209 g/mol. The first-order valence-corrected chi connectivity index (χ1v) is 4.32. The van der Waals surface area contributed by atoms with Gasteiger partial charge >= 0.3 is 0 Å². The predicted molar refractivity (Wildman–Crippen MR) is 58.1 cm³/mol. The van der Waals surface area contributed by atoms with Gasteiger partial charge in [0.1, 0.15) is 0 Å². The third-order valence-electron chi connectivity index (χ3n) is 1.52. The Morgan fingerprint density at radius 1 is 1.36 bits per heavy atom. The molecular formula is C10H9ClN2O.